The molecule has 0 heterocycles. The highest BCUT2D eigenvalue weighted by molar-refractivity contribution is 5.67. The Balaban J connectivity index is 2.25. The minimum Gasteiger partial charge on any atom is -0.460 e. The molecule has 126 valence electrons. The molecule has 2 rings (SSSR count). The maximum absolute atomic E-state index is 12.7. The van der Waals surface area contributed by atoms with Gasteiger partial charge in [0.25, 0.3) is 5.69 Å². The fraction of sp³-hybridized carbons (Fsp3) is 0.500. The molecule has 1 aliphatic carbocycles. The number of nitrogens with zero attached hydrogens (tertiary/aromatic N) is 1. The van der Waals surface area contributed by atoms with Gasteiger partial charge < -0.3 is 10.1 Å². The van der Waals surface area contributed by atoms with Crippen LogP contribution in [0.3, 0.4) is 0 Å². The molecule has 23 heavy (non-hydrogen) atoms. The van der Waals surface area contributed by atoms with E-state index in [-0.39, 0.29) is 11.7 Å². The number of alkyl halides is 3. The van der Waals surface area contributed by atoms with Crippen molar-refractivity contribution in [1.82, 2.24) is 0 Å². The summed E-state index contributed by atoms with van der Waals surface area (Å²) in [5, 5.41) is 13.9. The Bertz CT molecular complexity index is 619. The third-order valence-corrected chi connectivity index (χ3v) is 3.63. The van der Waals surface area contributed by atoms with E-state index in [2.05, 4.69) is 5.32 Å². The normalized spacial score (nSPS) is 21.0. The van der Waals surface area contributed by atoms with Crippen molar-refractivity contribution in [2.24, 2.45) is 0 Å². The lowest BCUT2D eigenvalue weighted by Crippen LogP contribution is -2.32. The van der Waals surface area contributed by atoms with Gasteiger partial charge in [-0.2, -0.15) is 13.2 Å². The van der Waals surface area contributed by atoms with E-state index >= 15 is 0 Å². The second kappa shape index (κ2) is 6.43. The summed E-state index contributed by atoms with van der Waals surface area (Å²) >= 11 is 0. The molecule has 0 amide bonds. The predicted molar refractivity (Wildman–Crippen MR) is 74.9 cm³/mol. The van der Waals surface area contributed by atoms with Crippen LogP contribution in [0.1, 0.15) is 31.7 Å². The van der Waals surface area contributed by atoms with Crippen molar-refractivity contribution in [2.45, 2.75) is 44.5 Å². The molecule has 1 fully saturated rings. The topological polar surface area (TPSA) is 81.5 Å². The van der Waals surface area contributed by atoms with Crippen LogP contribution in [0.15, 0.2) is 18.2 Å². The van der Waals surface area contributed by atoms with Crippen molar-refractivity contribution >= 4 is 17.3 Å². The zero-order chi connectivity index (χ0) is 17.2. The minimum atomic E-state index is -4.66. The fourth-order valence-electron chi connectivity index (χ4n) is 2.63. The van der Waals surface area contributed by atoms with Crippen LogP contribution in [0, 0.1) is 10.1 Å². The highest BCUT2D eigenvalue weighted by atomic mass is 19.4. The standard InChI is InChI=1S/C14H15F3N2O4/c1-8(20)23-13-4-2-3-11(13)18-10-6-5-9(14(15,16)17)7-12(10)19(21)22/h5-7,11,13,18H,2-4H2,1H3. The number of anilines is 1. The number of nitrogens with one attached hydrogen (secondary N) is 1. The Kier molecular flexibility index (Phi) is 4.76. The van der Waals surface area contributed by atoms with Crippen LogP contribution < -0.4 is 5.32 Å². The smallest absolute Gasteiger partial charge is 0.416 e. The van der Waals surface area contributed by atoms with Crippen LogP contribution in [0.4, 0.5) is 24.5 Å². The van der Waals surface area contributed by atoms with Gasteiger partial charge in [-0.25, -0.2) is 0 Å². The fourth-order valence-corrected chi connectivity index (χ4v) is 2.63. The molecule has 6 nitrogen and oxygen atoms in total. The highest BCUT2D eigenvalue weighted by Gasteiger charge is 2.35. The third-order valence-electron chi connectivity index (χ3n) is 3.63. The molecule has 1 saturated carbocycles. The molecule has 0 bridgehead atoms. The van der Waals surface area contributed by atoms with E-state index in [1.54, 1.807) is 0 Å². The highest BCUT2D eigenvalue weighted by Crippen LogP contribution is 2.36. The maximum Gasteiger partial charge on any atom is 0.416 e. The number of carbonyl (C=O) groups is 1. The summed E-state index contributed by atoms with van der Waals surface area (Å²) in [4.78, 5) is 21.2. The Morgan fingerprint density at radius 2 is 2.09 bits per heavy atom. The van der Waals surface area contributed by atoms with E-state index in [0.717, 1.165) is 18.6 Å². The number of esters is 1. The van der Waals surface area contributed by atoms with Gasteiger partial charge in [-0.3, -0.25) is 14.9 Å². The number of ether oxygens (including phenoxy) is 1. The molecule has 2 unspecified atom stereocenters. The van der Waals surface area contributed by atoms with Gasteiger partial charge in [-0.05, 0) is 31.4 Å². The van der Waals surface area contributed by atoms with Gasteiger partial charge >= 0.3 is 12.1 Å². The first-order chi connectivity index (χ1) is 10.7. The van der Waals surface area contributed by atoms with E-state index in [4.69, 9.17) is 4.74 Å². The molecule has 1 N–H and O–H groups in total. The van der Waals surface area contributed by atoms with Gasteiger partial charge in [-0.1, -0.05) is 0 Å². The Labute approximate surface area is 129 Å². The van der Waals surface area contributed by atoms with E-state index in [0.29, 0.717) is 18.9 Å². The molecule has 0 aromatic heterocycles. The number of rotatable bonds is 4. The number of nitro groups is 1. The monoisotopic (exact) mass is 332 g/mol. The average Bonchev–Trinajstić information content (AvgIpc) is 2.84. The molecular weight excluding hydrogens is 317 g/mol. The molecular formula is C14H15F3N2O4. The largest absolute Gasteiger partial charge is 0.460 e. The molecule has 1 aromatic rings. The first-order valence-electron chi connectivity index (χ1n) is 6.98. The van der Waals surface area contributed by atoms with Crippen molar-refractivity contribution in [3.8, 4) is 0 Å². The van der Waals surface area contributed by atoms with Crippen molar-refractivity contribution in [3.05, 3.63) is 33.9 Å². The average molecular weight is 332 g/mol. The molecule has 0 radical (unpaired) electrons. The van der Waals surface area contributed by atoms with Gasteiger partial charge in [-0.15, -0.1) is 0 Å². The summed E-state index contributed by atoms with van der Waals surface area (Å²) in [6, 6.07) is 1.95. The molecule has 1 aliphatic rings. The van der Waals surface area contributed by atoms with Crippen molar-refractivity contribution < 1.29 is 27.6 Å². The lowest BCUT2D eigenvalue weighted by atomic mass is 10.1. The van der Waals surface area contributed by atoms with Crippen LogP contribution in [0.25, 0.3) is 0 Å². The SMILES string of the molecule is CC(=O)OC1CCCC1Nc1ccc(C(F)(F)F)cc1[N+](=O)[O-]. The molecule has 2 atom stereocenters. The van der Waals surface area contributed by atoms with E-state index < -0.39 is 34.4 Å². The summed E-state index contributed by atoms with van der Waals surface area (Å²) in [7, 11) is 0. The second-order valence-corrected chi connectivity index (χ2v) is 5.32. The van der Waals surface area contributed by atoms with Gasteiger partial charge in [0.2, 0.25) is 0 Å². The van der Waals surface area contributed by atoms with Crippen molar-refractivity contribution in [2.75, 3.05) is 5.32 Å². The lowest BCUT2D eigenvalue weighted by molar-refractivity contribution is -0.384. The minimum absolute atomic E-state index is 0.0212. The molecule has 9 heteroatoms. The Morgan fingerprint density at radius 3 is 2.65 bits per heavy atom. The Hall–Kier alpha value is -2.32. The third kappa shape index (κ3) is 4.11. The molecule has 1 aromatic carbocycles. The quantitative estimate of drug-likeness (QED) is 0.518. The first-order valence-corrected chi connectivity index (χ1v) is 6.98. The number of halogens is 3. The number of benzene rings is 1. The predicted octanol–water partition coefficient (Wildman–Crippen LogP) is 3.51. The van der Waals surface area contributed by atoms with Gasteiger partial charge in [0, 0.05) is 13.0 Å². The molecule has 0 saturated heterocycles. The summed E-state index contributed by atoms with van der Waals surface area (Å²) < 4.78 is 43.1. The molecule has 0 aliphatic heterocycles. The van der Waals surface area contributed by atoms with Crippen molar-refractivity contribution in [3.63, 3.8) is 0 Å². The summed E-state index contributed by atoms with van der Waals surface area (Å²) in [6.07, 6.45) is -3.14. The van der Waals surface area contributed by atoms with Crippen LogP contribution in [0.2, 0.25) is 0 Å². The maximum atomic E-state index is 12.7. The second-order valence-electron chi connectivity index (χ2n) is 5.32. The van der Waals surface area contributed by atoms with Gasteiger partial charge in [0.1, 0.15) is 11.8 Å². The van der Waals surface area contributed by atoms with Crippen LogP contribution in [0.5, 0.6) is 0 Å². The van der Waals surface area contributed by atoms with Gasteiger partial charge in [0.15, 0.2) is 0 Å². The summed E-state index contributed by atoms with van der Waals surface area (Å²) in [5.74, 6) is -0.467. The first kappa shape index (κ1) is 17.0. The van der Waals surface area contributed by atoms with Crippen LogP contribution >= 0.6 is 0 Å². The zero-order valence-corrected chi connectivity index (χ0v) is 12.2. The summed E-state index contributed by atoms with van der Waals surface area (Å²) in [6.45, 7) is 1.26. The van der Waals surface area contributed by atoms with E-state index in [1.165, 1.54) is 6.92 Å². The number of carbonyl (C=O) groups excluding carboxylic acids is 1. The summed E-state index contributed by atoms with van der Waals surface area (Å²) in [5.41, 5.74) is -1.77. The van der Waals surface area contributed by atoms with Gasteiger partial charge in [0.05, 0.1) is 16.5 Å². The van der Waals surface area contributed by atoms with Crippen molar-refractivity contribution in [1.29, 1.82) is 0 Å². The van der Waals surface area contributed by atoms with E-state index in [9.17, 15) is 28.1 Å². The lowest BCUT2D eigenvalue weighted by Gasteiger charge is -2.22. The number of nitro benzene ring substituents is 1. The van der Waals surface area contributed by atoms with Crippen LogP contribution in [-0.4, -0.2) is 23.0 Å². The number of hydrogen-bond acceptors (Lipinski definition) is 5. The molecule has 0 spiro atoms. The van der Waals surface area contributed by atoms with E-state index in [1.807, 2.05) is 0 Å². The zero-order valence-electron chi connectivity index (χ0n) is 12.2. The number of hydrogen-bond donors (Lipinski definition) is 1. The Morgan fingerprint density at radius 1 is 1.39 bits per heavy atom. The van der Waals surface area contributed by atoms with Crippen LogP contribution in [-0.2, 0) is 15.7 Å².